The Balaban J connectivity index is 1.38. The fourth-order valence-corrected chi connectivity index (χ4v) is 2.76. The zero-order valence-electron chi connectivity index (χ0n) is 13.2. The minimum absolute atomic E-state index is 0.0590. The molecule has 0 spiro atoms. The molecule has 0 saturated carbocycles. The highest BCUT2D eigenvalue weighted by molar-refractivity contribution is 5.84. The van der Waals surface area contributed by atoms with E-state index in [2.05, 4.69) is 10.3 Å². The van der Waals surface area contributed by atoms with Gasteiger partial charge in [-0.15, -0.1) is 0 Å². The molecule has 1 saturated heterocycles. The fourth-order valence-electron chi connectivity index (χ4n) is 2.76. The van der Waals surface area contributed by atoms with Crippen molar-refractivity contribution in [2.24, 2.45) is 0 Å². The molecule has 3 rings (SSSR count). The lowest BCUT2D eigenvalue weighted by molar-refractivity contribution is -0.123. The van der Waals surface area contributed by atoms with Crippen LogP contribution in [0.3, 0.4) is 0 Å². The summed E-state index contributed by atoms with van der Waals surface area (Å²) in [4.78, 5) is 16.1. The molecule has 1 atom stereocenters. The van der Waals surface area contributed by atoms with Gasteiger partial charge in [0, 0.05) is 24.7 Å². The summed E-state index contributed by atoms with van der Waals surface area (Å²) in [6, 6.07) is 9.82. The number of pyridine rings is 1. The summed E-state index contributed by atoms with van der Waals surface area (Å²) < 4.78 is 11.3. The Morgan fingerprint density at radius 3 is 3.13 bits per heavy atom. The number of amides is 1. The van der Waals surface area contributed by atoms with Crippen molar-refractivity contribution in [3.05, 3.63) is 36.5 Å². The van der Waals surface area contributed by atoms with Crippen LogP contribution < -0.4 is 10.1 Å². The molecule has 1 aliphatic rings. The number of aromatic nitrogens is 1. The molecule has 0 unspecified atom stereocenters. The van der Waals surface area contributed by atoms with Crippen molar-refractivity contribution < 1.29 is 14.3 Å². The van der Waals surface area contributed by atoms with Crippen molar-refractivity contribution in [3.63, 3.8) is 0 Å². The average Bonchev–Trinajstić information content (AvgIpc) is 3.07. The molecule has 1 aromatic heterocycles. The van der Waals surface area contributed by atoms with Gasteiger partial charge in [0.15, 0.2) is 0 Å². The van der Waals surface area contributed by atoms with Gasteiger partial charge in [0.1, 0.15) is 11.3 Å². The number of ether oxygens (including phenoxy) is 2. The number of nitrogens with one attached hydrogen (secondary N) is 1. The zero-order chi connectivity index (χ0) is 15.9. The van der Waals surface area contributed by atoms with Gasteiger partial charge in [0.2, 0.25) is 5.91 Å². The highest BCUT2D eigenvalue weighted by atomic mass is 16.5. The number of benzene rings is 1. The first-order valence-electron chi connectivity index (χ1n) is 8.18. The minimum Gasteiger partial charge on any atom is -0.491 e. The molecule has 1 amide bonds. The SMILES string of the molecule is O=C(C[C@H]1CCCO1)NCCCOc1cccc2cccnc12. The Labute approximate surface area is 136 Å². The van der Waals surface area contributed by atoms with Gasteiger partial charge < -0.3 is 14.8 Å². The van der Waals surface area contributed by atoms with Gasteiger partial charge in [0.05, 0.1) is 19.1 Å². The number of fused-ring (bicyclic) bond motifs is 1. The second kappa shape index (κ2) is 7.92. The van der Waals surface area contributed by atoms with Crippen LogP contribution in [0.25, 0.3) is 10.9 Å². The standard InChI is InChI=1S/C18H22N2O3/c21-17(13-15-7-3-11-22-15)19-10-4-12-23-16-8-1-5-14-6-2-9-20-18(14)16/h1-2,5-6,8-9,15H,3-4,7,10-13H2,(H,19,21)/t15-/m1/s1. The van der Waals surface area contributed by atoms with Gasteiger partial charge in [-0.25, -0.2) is 0 Å². The zero-order valence-corrected chi connectivity index (χ0v) is 13.2. The lowest BCUT2D eigenvalue weighted by Crippen LogP contribution is -2.28. The molecule has 1 N–H and O–H groups in total. The normalized spacial score (nSPS) is 17.3. The Hall–Kier alpha value is -2.14. The van der Waals surface area contributed by atoms with E-state index >= 15 is 0 Å². The van der Waals surface area contributed by atoms with Crippen molar-refractivity contribution in [2.45, 2.75) is 31.8 Å². The number of hydrogen-bond donors (Lipinski definition) is 1. The van der Waals surface area contributed by atoms with Gasteiger partial charge in [-0.2, -0.15) is 0 Å². The van der Waals surface area contributed by atoms with Crippen LogP contribution in [0, 0.1) is 0 Å². The van der Waals surface area contributed by atoms with Gasteiger partial charge >= 0.3 is 0 Å². The lowest BCUT2D eigenvalue weighted by Gasteiger charge is -2.11. The number of carbonyl (C=O) groups excluding carboxylic acids is 1. The van der Waals surface area contributed by atoms with Gasteiger partial charge in [-0.05, 0) is 31.4 Å². The molecule has 1 aliphatic heterocycles. The highest BCUT2D eigenvalue weighted by Gasteiger charge is 2.18. The second-order valence-electron chi connectivity index (χ2n) is 5.72. The molecule has 2 heterocycles. The van der Waals surface area contributed by atoms with Crippen LogP contribution in [0.5, 0.6) is 5.75 Å². The van der Waals surface area contributed by atoms with E-state index in [1.807, 2.05) is 30.3 Å². The maximum atomic E-state index is 11.8. The van der Waals surface area contributed by atoms with E-state index < -0.39 is 0 Å². The van der Waals surface area contributed by atoms with E-state index in [0.29, 0.717) is 19.6 Å². The van der Waals surface area contributed by atoms with Crippen molar-refractivity contribution in [2.75, 3.05) is 19.8 Å². The monoisotopic (exact) mass is 314 g/mol. The van der Waals surface area contributed by atoms with Crippen LogP contribution in [0.15, 0.2) is 36.5 Å². The van der Waals surface area contributed by atoms with Crippen molar-refractivity contribution in [3.8, 4) is 5.75 Å². The Morgan fingerprint density at radius 1 is 1.35 bits per heavy atom. The number of rotatable bonds is 7. The quantitative estimate of drug-likeness (QED) is 0.798. The summed E-state index contributed by atoms with van der Waals surface area (Å²) in [5.41, 5.74) is 0.873. The van der Waals surface area contributed by atoms with Crippen molar-refractivity contribution in [1.29, 1.82) is 0 Å². The Bertz CT molecular complexity index is 648. The summed E-state index contributed by atoms with van der Waals surface area (Å²) in [5.74, 6) is 0.845. The molecule has 5 nitrogen and oxygen atoms in total. The number of hydrogen-bond acceptors (Lipinski definition) is 4. The first-order valence-corrected chi connectivity index (χ1v) is 8.18. The summed E-state index contributed by atoms with van der Waals surface area (Å²) >= 11 is 0. The average molecular weight is 314 g/mol. The fraction of sp³-hybridized carbons (Fsp3) is 0.444. The van der Waals surface area contributed by atoms with E-state index in [1.165, 1.54) is 0 Å². The van der Waals surface area contributed by atoms with Crippen molar-refractivity contribution >= 4 is 16.8 Å². The van der Waals surface area contributed by atoms with E-state index in [9.17, 15) is 4.79 Å². The summed E-state index contributed by atoms with van der Waals surface area (Å²) in [6.07, 6.45) is 5.15. The van der Waals surface area contributed by atoms with Gasteiger partial charge in [-0.1, -0.05) is 18.2 Å². The van der Waals surface area contributed by atoms with Crippen molar-refractivity contribution in [1.82, 2.24) is 10.3 Å². The minimum atomic E-state index is 0.0590. The van der Waals surface area contributed by atoms with Crippen LogP contribution in [0.2, 0.25) is 0 Å². The molecular weight excluding hydrogens is 292 g/mol. The topological polar surface area (TPSA) is 60.5 Å². The molecule has 1 aromatic carbocycles. The lowest BCUT2D eigenvalue weighted by atomic mass is 10.2. The maximum absolute atomic E-state index is 11.8. The molecular formula is C18H22N2O3. The molecule has 0 bridgehead atoms. The Morgan fingerprint density at radius 2 is 2.26 bits per heavy atom. The Kier molecular flexibility index (Phi) is 5.42. The van der Waals surface area contributed by atoms with E-state index in [0.717, 1.165) is 42.5 Å². The van der Waals surface area contributed by atoms with E-state index in [-0.39, 0.29) is 12.0 Å². The molecule has 0 radical (unpaired) electrons. The molecule has 2 aromatic rings. The smallest absolute Gasteiger partial charge is 0.222 e. The predicted octanol–water partition coefficient (Wildman–Crippen LogP) is 2.69. The first-order chi connectivity index (χ1) is 11.3. The number of nitrogens with zero attached hydrogens (tertiary/aromatic N) is 1. The largest absolute Gasteiger partial charge is 0.491 e. The third-order valence-corrected chi connectivity index (χ3v) is 3.93. The predicted molar refractivity (Wildman–Crippen MR) is 88.5 cm³/mol. The molecule has 5 heteroatoms. The van der Waals surface area contributed by atoms with Crippen LogP contribution in [-0.2, 0) is 9.53 Å². The molecule has 23 heavy (non-hydrogen) atoms. The second-order valence-corrected chi connectivity index (χ2v) is 5.72. The number of para-hydroxylation sites is 1. The molecule has 122 valence electrons. The van der Waals surface area contributed by atoms with E-state index in [1.54, 1.807) is 6.20 Å². The third-order valence-electron chi connectivity index (χ3n) is 3.93. The van der Waals surface area contributed by atoms with Crippen LogP contribution in [-0.4, -0.2) is 36.8 Å². The maximum Gasteiger partial charge on any atom is 0.222 e. The number of carbonyl (C=O) groups is 1. The van der Waals surface area contributed by atoms with Gasteiger partial charge in [-0.3, -0.25) is 9.78 Å². The van der Waals surface area contributed by atoms with Crippen LogP contribution >= 0.6 is 0 Å². The first kappa shape index (κ1) is 15.7. The third kappa shape index (κ3) is 4.42. The molecule has 0 aliphatic carbocycles. The van der Waals surface area contributed by atoms with E-state index in [4.69, 9.17) is 9.47 Å². The summed E-state index contributed by atoms with van der Waals surface area (Å²) in [6.45, 7) is 1.95. The van der Waals surface area contributed by atoms with Crippen LogP contribution in [0.4, 0.5) is 0 Å². The summed E-state index contributed by atoms with van der Waals surface area (Å²) in [7, 11) is 0. The summed E-state index contributed by atoms with van der Waals surface area (Å²) in [5, 5.41) is 3.98. The van der Waals surface area contributed by atoms with Crippen LogP contribution in [0.1, 0.15) is 25.7 Å². The van der Waals surface area contributed by atoms with Gasteiger partial charge in [0.25, 0.3) is 0 Å². The highest BCUT2D eigenvalue weighted by Crippen LogP contribution is 2.22. The molecule has 1 fully saturated rings.